The number of amides is 1. The highest BCUT2D eigenvalue weighted by molar-refractivity contribution is 7.45. The molecule has 3 atom stereocenters. The van der Waals surface area contributed by atoms with E-state index in [1.807, 2.05) is 33.3 Å². The normalized spacial score (nSPS) is 14.3. The highest BCUT2D eigenvalue weighted by Gasteiger charge is 2.27. The molecule has 10 heteroatoms. The third-order valence-electron chi connectivity index (χ3n) is 11.5. The minimum Gasteiger partial charge on any atom is -0.756 e. The van der Waals surface area contributed by atoms with Crippen molar-refractivity contribution in [2.75, 3.05) is 40.9 Å². The van der Waals surface area contributed by atoms with Gasteiger partial charge in [0.25, 0.3) is 7.82 Å². The molecule has 3 unspecified atom stereocenters. The molecular weight excluding hydrogens is 820 g/mol. The first-order valence-corrected chi connectivity index (χ1v) is 27.9. The lowest BCUT2D eigenvalue weighted by molar-refractivity contribution is -0.870. The highest BCUT2D eigenvalue weighted by atomic mass is 31.2. The molecule has 374 valence electrons. The zero-order chi connectivity index (χ0) is 47.3. The van der Waals surface area contributed by atoms with Gasteiger partial charge in [0.15, 0.2) is 0 Å². The van der Waals surface area contributed by atoms with Crippen molar-refractivity contribution in [2.45, 2.75) is 245 Å². The van der Waals surface area contributed by atoms with Crippen LogP contribution in [0.2, 0.25) is 0 Å². The van der Waals surface area contributed by atoms with Gasteiger partial charge in [0, 0.05) is 12.8 Å². The molecule has 0 aliphatic carbocycles. The van der Waals surface area contributed by atoms with Crippen LogP contribution < -0.4 is 10.2 Å². The van der Waals surface area contributed by atoms with Crippen LogP contribution in [0.25, 0.3) is 0 Å². The second-order valence-electron chi connectivity index (χ2n) is 19.0. The number of ether oxygens (including phenoxy) is 1. The summed E-state index contributed by atoms with van der Waals surface area (Å²) in [6.45, 7) is 6.68. The van der Waals surface area contributed by atoms with Crippen LogP contribution in [0.3, 0.4) is 0 Å². The molecule has 0 spiro atoms. The van der Waals surface area contributed by atoms with Gasteiger partial charge in [-0.15, -0.1) is 0 Å². The van der Waals surface area contributed by atoms with Crippen molar-refractivity contribution in [1.29, 1.82) is 0 Å². The maximum Gasteiger partial charge on any atom is 0.306 e. The van der Waals surface area contributed by atoms with Crippen molar-refractivity contribution in [2.24, 2.45) is 0 Å². The summed E-state index contributed by atoms with van der Waals surface area (Å²) in [4.78, 5) is 39.7. The number of allylic oxidation sites excluding steroid dienone is 7. The fraction of sp³-hybridized carbons (Fsp3) is 0.815. The van der Waals surface area contributed by atoms with Gasteiger partial charge in [-0.05, 0) is 76.7 Å². The largest absolute Gasteiger partial charge is 0.756 e. The summed E-state index contributed by atoms with van der Waals surface area (Å²) in [5.41, 5.74) is 0. The SMILES string of the molecule is CC/C=C/C/C=C/CCCCCCCCCC(=O)NC(COP(=O)([O-])OCC[N+](C)(C)C)C(/C=C/CCCCCCCCCCCCC)OC(=O)CCCCCCC/C=C\CCCC. The van der Waals surface area contributed by atoms with Crippen molar-refractivity contribution in [3.8, 4) is 0 Å². The van der Waals surface area contributed by atoms with Crippen molar-refractivity contribution < 1.29 is 37.3 Å². The number of carbonyl (C=O) groups excluding carboxylic acids is 2. The number of esters is 1. The lowest BCUT2D eigenvalue weighted by Gasteiger charge is -2.30. The highest BCUT2D eigenvalue weighted by Crippen LogP contribution is 2.38. The molecule has 0 aliphatic heterocycles. The Balaban J connectivity index is 5.44. The fourth-order valence-electron chi connectivity index (χ4n) is 7.36. The number of phosphoric acid groups is 1. The Kier molecular flexibility index (Phi) is 43.4. The van der Waals surface area contributed by atoms with Crippen molar-refractivity contribution >= 4 is 19.7 Å². The number of unbranched alkanes of at least 4 members (excludes halogenated alkanes) is 25. The first kappa shape index (κ1) is 62.0. The van der Waals surface area contributed by atoms with E-state index in [1.54, 1.807) is 0 Å². The molecule has 0 saturated heterocycles. The fourth-order valence-corrected chi connectivity index (χ4v) is 8.09. The predicted octanol–water partition coefficient (Wildman–Crippen LogP) is 14.7. The maximum absolute atomic E-state index is 13.4. The van der Waals surface area contributed by atoms with E-state index in [-0.39, 0.29) is 24.9 Å². The lowest BCUT2D eigenvalue weighted by Crippen LogP contribution is -2.47. The van der Waals surface area contributed by atoms with E-state index in [0.717, 1.165) is 109 Å². The van der Waals surface area contributed by atoms with E-state index < -0.39 is 26.6 Å². The third kappa shape index (κ3) is 45.1. The topological polar surface area (TPSA) is 114 Å². The Hall–Kier alpha value is -2.03. The van der Waals surface area contributed by atoms with Crippen LogP contribution in [-0.2, 0) is 27.9 Å². The molecule has 0 aliphatic rings. The van der Waals surface area contributed by atoms with Crippen LogP contribution in [0, 0.1) is 0 Å². The summed E-state index contributed by atoms with van der Waals surface area (Å²) >= 11 is 0. The summed E-state index contributed by atoms with van der Waals surface area (Å²) in [7, 11) is 1.17. The minimum atomic E-state index is -4.69. The number of rotatable bonds is 47. The average Bonchev–Trinajstić information content (AvgIpc) is 3.25. The molecule has 1 amide bonds. The van der Waals surface area contributed by atoms with Gasteiger partial charge in [-0.3, -0.25) is 14.2 Å². The van der Waals surface area contributed by atoms with Crippen molar-refractivity contribution in [1.82, 2.24) is 5.32 Å². The number of nitrogens with one attached hydrogen (secondary N) is 1. The third-order valence-corrected chi connectivity index (χ3v) is 12.5. The Bertz CT molecular complexity index is 1240. The minimum absolute atomic E-state index is 0.0256. The van der Waals surface area contributed by atoms with Gasteiger partial charge in [-0.25, -0.2) is 0 Å². The van der Waals surface area contributed by atoms with E-state index in [0.29, 0.717) is 17.4 Å². The summed E-state index contributed by atoms with van der Waals surface area (Å²) < 4.78 is 30.1. The van der Waals surface area contributed by atoms with Crippen LogP contribution in [0.5, 0.6) is 0 Å². The zero-order valence-corrected chi connectivity index (χ0v) is 43.4. The molecule has 0 bridgehead atoms. The smallest absolute Gasteiger partial charge is 0.306 e. The molecule has 0 aromatic rings. The van der Waals surface area contributed by atoms with Gasteiger partial charge in [-0.1, -0.05) is 192 Å². The lowest BCUT2D eigenvalue weighted by atomic mass is 10.0. The number of carbonyl (C=O) groups is 2. The van der Waals surface area contributed by atoms with Crippen LogP contribution >= 0.6 is 7.82 Å². The summed E-state index contributed by atoms with van der Waals surface area (Å²) in [5, 5.41) is 3.00. The molecule has 0 aromatic carbocycles. The zero-order valence-electron chi connectivity index (χ0n) is 42.5. The number of quaternary nitrogens is 1. The molecule has 64 heavy (non-hydrogen) atoms. The molecule has 0 heterocycles. The Morgan fingerprint density at radius 2 is 1.02 bits per heavy atom. The predicted molar refractivity (Wildman–Crippen MR) is 270 cm³/mol. The number of nitrogens with zero attached hydrogens (tertiary/aromatic N) is 1. The Morgan fingerprint density at radius 3 is 1.55 bits per heavy atom. The average molecular weight is 921 g/mol. The van der Waals surface area contributed by atoms with Gasteiger partial charge in [0.2, 0.25) is 5.91 Å². The van der Waals surface area contributed by atoms with E-state index in [9.17, 15) is 19.0 Å². The van der Waals surface area contributed by atoms with Crippen LogP contribution in [0.4, 0.5) is 0 Å². The van der Waals surface area contributed by atoms with Crippen molar-refractivity contribution in [3.05, 3.63) is 48.6 Å². The first-order valence-electron chi connectivity index (χ1n) is 26.4. The number of hydrogen-bond acceptors (Lipinski definition) is 7. The van der Waals surface area contributed by atoms with E-state index in [2.05, 4.69) is 62.5 Å². The van der Waals surface area contributed by atoms with Gasteiger partial charge in [-0.2, -0.15) is 0 Å². The second-order valence-corrected chi connectivity index (χ2v) is 20.4. The van der Waals surface area contributed by atoms with Gasteiger partial charge >= 0.3 is 5.97 Å². The summed E-state index contributed by atoms with van der Waals surface area (Å²) in [6, 6.07) is -0.892. The van der Waals surface area contributed by atoms with Crippen LogP contribution in [0.1, 0.15) is 233 Å². The van der Waals surface area contributed by atoms with Crippen LogP contribution in [0.15, 0.2) is 48.6 Å². The molecule has 9 nitrogen and oxygen atoms in total. The second kappa shape index (κ2) is 44.8. The quantitative estimate of drug-likeness (QED) is 0.0213. The van der Waals surface area contributed by atoms with Crippen LogP contribution in [-0.4, -0.2) is 69.4 Å². The van der Waals surface area contributed by atoms with Gasteiger partial charge in [0.05, 0.1) is 33.8 Å². The van der Waals surface area contributed by atoms with E-state index in [4.69, 9.17) is 13.8 Å². The summed E-state index contributed by atoms with van der Waals surface area (Å²) in [5.74, 6) is -0.562. The standard InChI is InChI=1S/C54H101N2O7P/c1-7-10-13-16-19-22-25-27-29-32-34-37-40-43-46-53(57)55-51(50-62-64(59,60)61-49-48-56(4,5)6)52(45-42-39-36-33-31-28-26-23-20-17-14-11-8-2)63-54(58)47-44-41-38-35-30-24-21-18-15-12-9-3/h10,13,18-19,21-22,42,45,51-52H,7-9,11-12,14-17,20,23-41,43-44,46-50H2,1-6H3,(H-,55,57,59,60)/b13-10+,21-18-,22-19+,45-42+. The van der Waals surface area contributed by atoms with E-state index in [1.165, 1.54) is 89.9 Å². The molecule has 0 saturated carbocycles. The number of phosphoric ester groups is 1. The van der Waals surface area contributed by atoms with Crippen molar-refractivity contribution in [3.63, 3.8) is 0 Å². The number of likely N-dealkylation sites (N-methyl/N-ethyl adjacent to an activating group) is 1. The Labute approximate surface area is 395 Å². The van der Waals surface area contributed by atoms with Gasteiger partial charge in [0.1, 0.15) is 19.3 Å². The molecule has 0 rings (SSSR count). The molecule has 0 radical (unpaired) electrons. The molecule has 1 N–H and O–H groups in total. The summed E-state index contributed by atoms with van der Waals surface area (Å²) in [6.07, 6.45) is 52.1. The number of hydrogen-bond donors (Lipinski definition) is 1. The molecule has 0 fully saturated rings. The van der Waals surface area contributed by atoms with Gasteiger partial charge < -0.3 is 28.5 Å². The first-order chi connectivity index (χ1) is 30.9. The molecular formula is C54H101N2O7P. The Morgan fingerprint density at radius 1 is 0.562 bits per heavy atom. The molecule has 0 aromatic heterocycles. The van der Waals surface area contributed by atoms with E-state index >= 15 is 0 Å². The maximum atomic E-state index is 13.4. The monoisotopic (exact) mass is 921 g/mol.